The van der Waals surface area contributed by atoms with Crippen LogP contribution in [0.4, 0.5) is 13.2 Å². The van der Waals surface area contributed by atoms with Crippen LogP contribution in [0.15, 0.2) is 24.3 Å². The lowest BCUT2D eigenvalue weighted by atomic mass is 9.76. The molecule has 2 unspecified atom stereocenters. The Labute approximate surface area is 123 Å². The van der Waals surface area contributed by atoms with E-state index < -0.39 is 11.7 Å². The number of rotatable bonds is 5. The van der Waals surface area contributed by atoms with Gasteiger partial charge in [0, 0.05) is 18.6 Å². The van der Waals surface area contributed by atoms with Gasteiger partial charge in [0.2, 0.25) is 0 Å². The molecular weight excluding hydrogens is 279 g/mol. The summed E-state index contributed by atoms with van der Waals surface area (Å²) < 4.78 is 44.1. The van der Waals surface area contributed by atoms with Crippen LogP contribution >= 0.6 is 0 Å². The van der Waals surface area contributed by atoms with E-state index in [4.69, 9.17) is 4.74 Å². The van der Waals surface area contributed by atoms with Crippen LogP contribution in [0.1, 0.15) is 31.4 Å². The predicted molar refractivity (Wildman–Crippen MR) is 76.2 cm³/mol. The van der Waals surface area contributed by atoms with E-state index in [0.717, 1.165) is 31.1 Å². The summed E-state index contributed by atoms with van der Waals surface area (Å²) in [6, 6.07) is 5.64. The third kappa shape index (κ3) is 3.77. The fourth-order valence-corrected chi connectivity index (χ4v) is 2.98. The molecule has 5 heteroatoms. The Morgan fingerprint density at radius 3 is 2.71 bits per heavy atom. The van der Waals surface area contributed by atoms with Gasteiger partial charge in [0.15, 0.2) is 0 Å². The molecule has 1 fully saturated rings. The second kappa shape index (κ2) is 6.36. The molecule has 0 radical (unpaired) electrons. The van der Waals surface area contributed by atoms with E-state index in [1.807, 2.05) is 13.8 Å². The van der Waals surface area contributed by atoms with Crippen molar-refractivity contribution in [2.75, 3.05) is 19.7 Å². The summed E-state index contributed by atoms with van der Waals surface area (Å²) in [5, 5.41) is 3.32. The van der Waals surface area contributed by atoms with Crippen LogP contribution < -0.4 is 5.32 Å². The lowest BCUT2D eigenvalue weighted by molar-refractivity contribution is -0.137. The molecule has 1 heterocycles. The smallest absolute Gasteiger partial charge is 0.378 e. The first-order valence-corrected chi connectivity index (χ1v) is 7.36. The molecule has 0 saturated carbocycles. The second-order valence-electron chi connectivity index (χ2n) is 5.78. The number of alkyl halides is 3. The maximum Gasteiger partial charge on any atom is 0.416 e. The Morgan fingerprint density at radius 2 is 2.14 bits per heavy atom. The molecule has 118 valence electrons. The van der Waals surface area contributed by atoms with Crippen molar-refractivity contribution >= 4 is 0 Å². The van der Waals surface area contributed by atoms with Gasteiger partial charge in [-0.1, -0.05) is 25.1 Å². The SMILES string of the molecule is CCNCC1(Cc2cccc(C(F)(F)F)c2)CCOC1C. The number of benzene rings is 1. The van der Waals surface area contributed by atoms with E-state index in [2.05, 4.69) is 5.32 Å². The Hall–Kier alpha value is -1.07. The molecule has 2 atom stereocenters. The van der Waals surface area contributed by atoms with Gasteiger partial charge in [0.05, 0.1) is 11.7 Å². The van der Waals surface area contributed by atoms with Crippen molar-refractivity contribution in [1.82, 2.24) is 5.32 Å². The average Bonchev–Trinajstić information content (AvgIpc) is 2.77. The van der Waals surface area contributed by atoms with Crippen molar-refractivity contribution < 1.29 is 17.9 Å². The zero-order chi connectivity index (χ0) is 15.5. The van der Waals surface area contributed by atoms with Crippen molar-refractivity contribution in [2.45, 2.75) is 39.0 Å². The van der Waals surface area contributed by atoms with Gasteiger partial charge in [-0.15, -0.1) is 0 Å². The van der Waals surface area contributed by atoms with Gasteiger partial charge in [-0.2, -0.15) is 13.2 Å². The first kappa shape index (κ1) is 16.3. The lowest BCUT2D eigenvalue weighted by Gasteiger charge is -2.33. The van der Waals surface area contributed by atoms with E-state index in [0.29, 0.717) is 13.0 Å². The largest absolute Gasteiger partial charge is 0.416 e. The standard InChI is InChI=1S/C16H22F3NO/c1-3-20-11-15(7-8-21-12(15)2)10-13-5-4-6-14(9-13)16(17,18)19/h4-6,9,12,20H,3,7-8,10-11H2,1-2H3. The second-order valence-corrected chi connectivity index (χ2v) is 5.78. The van der Waals surface area contributed by atoms with E-state index in [9.17, 15) is 13.2 Å². The summed E-state index contributed by atoms with van der Waals surface area (Å²) in [5.41, 5.74) is 0.0190. The minimum atomic E-state index is -4.29. The first-order valence-electron chi connectivity index (χ1n) is 7.36. The van der Waals surface area contributed by atoms with Crippen LogP contribution in [0.5, 0.6) is 0 Å². The molecule has 1 N–H and O–H groups in total. The van der Waals surface area contributed by atoms with Gasteiger partial charge in [-0.05, 0) is 37.9 Å². The molecule has 0 amide bonds. The number of hydrogen-bond acceptors (Lipinski definition) is 2. The Balaban J connectivity index is 2.21. The van der Waals surface area contributed by atoms with Crippen LogP contribution in [0.3, 0.4) is 0 Å². The highest BCUT2D eigenvalue weighted by atomic mass is 19.4. The van der Waals surface area contributed by atoms with Gasteiger partial charge in [0.1, 0.15) is 0 Å². The monoisotopic (exact) mass is 301 g/mol. The molecule has 1 saturated heterocycles. The number of halogens is 3. The van der Waals surface area contributed by atoms with Crippen LogP contribution in [-0.2, 0) is 17.3 Å². The maximum absolute atomic E-state index is 12.8. The first-order chi connectivity index (χ1) is 9.87. The summed E-state index contributed by atoms with van der Waals surface area (Å²) in [6.07, 6.45) is -2.77. The van der Waals surface area contributed by atoms with Crippen molar-refractivity contribution in [3.8, 4) is 0 Å². The molecule has 0 spiro atoms. The fraction of sp³-hybridized carbons (Fsp3) is 0.625. The van der Waals surface area contributed by atoms with Crippen molar-refractivity contribution in [3.05, 3.63) is 35.4 Å². The third-order valence-electron chi connectivity index (χ3n) is 4.37. The molecule has 2 rings (SSSR count). The van der Waals surface area contributed by atoms with Crippen molar-refractivity contribution in [2.24, 2.45) is 5.41 Å². The topological polar surface area (TPSA) is 21.3 Å². The Bertz CT molecular complexity index is 475. The minimum Gasteiger partial charge on any atom is -0.378 e. The minimum absolute atomic E-state index is 0.0473. The normalized spacial score (nSPS) is 26.2. The molecule has 2 nitrogen and oxygen atoms in total. The fourth-order valence-electron chi connectivity index (χ4n) is 2.98. The average molecular weight is 301 g/mol. The highest BCUT2D eigenvalue weighted by molar-refractivity contribution is 5.27. The summed E-state index contributed by atoms with van der Waals surface area (Å²) >= 11 is 0. The number of ether oxygens (including phenoxy) is 1. The van der Waals surface area contributed by atoms with E-state index in [-0.39, 0.29) is 11.5 Å². The van der Waals surface area contributed by atoms with Gasteiger partial charge >= 0.3 is 6.18 Å². The Kier molecular flexibility index (Phi) is 4.94. The summed E-state index contributed by atoms with van der Waals surface area (Å²) in [7, 11) is 0. The van der Waals surface area contributed by atoms with Gasteiger partial charge in [0.25, 0.3) is 0 Å². The molecule has 1 aliphatic rings. The van der Waals surface area contributed by atoms with Crippen LogP contribution in [0.2, 0.25) is 0 Å². The molecule has 0 bridgehead atoms. The molecule has 1 aromatic rings. The van der Waals surface area contributed by atoms with Gasteiger partial charge in [-0.3, -0.25) is 0 Å². The van der Waals surface area contributed by atoms with Gasteiger partial charge < -0.3 is 10.1 Å². The predicted octanol–water partition coefficient (Wildman–Crippen LogP) is 3.65. The number of hydrogen-bond donors (Lipinski definition) is 1. The molecular formula is C16H22F3NO. The number of nitrogens with one attached hydrogen (secondary N) is 1. The van der Waals surface area contributed by atoms with Crippen molar-refractivity contribution in [3.63, 3.8) is 0 Å². The molecule has 21 heavy (non-hydrogen) atoms. The summed E-state index contributed by atoms with van der Waals surface area (Å²) in [6.45, 7) is 6.32. The summed E-state index contributed by atoms with van der Waals surface area (Å²) in [4.78, 5) is 0. The highest BCUT2D eigenvalue weighted by Crippen LogP contribution is 2.39. The molecule has 0 aromatic heterocycles. The van der Waals surface area contributed by atoms with Crippen LogP contribution in [0, 0.1) is 5.41 Å². The van der Waals surface area contributed by atoms with E-state index in [1.165, 1.54) is 12.1 Å². The highest BCUT2D eigenvalue weighted by Gasteiger charge is 2.41. The van der Waals surface area contributed by atoms with E-state index in [1.54, 1.807) is 6.07 Å². The van der Waals surface area contributed by atoms with E-state index >= 15 is 0 Å². The quantitative estimate of drug-likeness (QED) is 0.896. The molecule has 1 aliphatic heterocycles. The van der Waals surface area contributed by atoms with Crippen LogP contribution in [0.25, 0.3) is 0 Å². The maximum atomic E-state index is 12.8. The molecule has 1 aromatic carbocycles. The molecule has 0 aliphatic carbocycles. The zero-order valence-electron chi connectivity index (χ0n) is 12.5. The van der Waals surface area contributed by atoms with Crippen molar-refractivity contribution in [1.29, 1.82) is 0 Å². The Morgan fingerprint density at radius 1 is 1.38 bits per heavy atom. The third-order valence-corrected chi connectivity index (χ3v) is 4.37. The van der Waals surface area contributed by atoms with Gasteiger partial charge in [-0.25, -0.2) is 0 Å². The van der Waals surface area contributed by atoms with Crippen LogP contribution in [-0.4, -0.2) is 25.8 Å². The lowest BCUT2D eigenvalue weighted by Crippen LogP contribution is -2.41. The zero-order valence-corrected chi connectivity index (χ0v) is 12.5. The summed E-state index contributed by atoms with van der Waals surface area (Å²) in [5.74, 6) is 0.